The second-order valence-corrected chi connectivity index (χ2v) is 5.46. The molecule has 1 aromatic rings. The Balaban J connectivity index is 1.87. The first-order chi connectivity index (χ1) is 8.77. The molecule has 3 nitrogen and oxygen atoms in total. The molecule has 3 rings (SSSR count). The minimum atomic E-state index is 0.149. The molecule has 2 atom stereocenters. The average molecular weight is 244 g/mol. The standard InChI is InChI=1S/C15H20N2O/c1-11-9-16-10-13(11)15(18)17-8-4-6-12-5-2-3-7-14(12)17/h2-3,5,7,11,13,16H,4,6,8-10H2,1H3/t11-,13-/m1/s1. The molecule has 1 saturated heterocycles. The van der Waals surface area contributed by atoms with Gasteiger partial charge in [-0.15, -0.1) is 0 Å². The molecule has 18 heavy (non-hydrogen) atoms. The second kappa shape index (κ2) is 4.73. The van der Waals surface area contributed by atoms with E-state index in [1.165, 1.54) is 5.56 Å². The Bertz CT molecular complexity index is 458. The van der Waals surface area contributed by atoms with Gasteiger partial charge in [0.15, 0.2) is 0 Å². The Hall–Kier alpha value is -1.35. The lowest BCUT2D eigenvalue weighted by Crippen LogP contribution is -2.41. The number of carbonyl (C=O) groups is 1. The van der Waals surface area contributed by atoms with E-state index in [2.05, 4.69) is 30.4 Å². The van der Waals surface area contributed by atoms with Crippen LogP contribution in [0.4, 0.5) is 5.69 Å². The highest BCUT2D eigenvalue weighted by Gasteiger charge is 2.34. The van der Waals surface area contributed by atoms with Crippen molar-refractivity contribution in [1.82, 2.24) is 5.32 Å². The van der Waals surface area contributed by atoms with Crippen molar-refractivity contribution in [3.63, 3.8) is 0 Å². The van der Waals surface area contributed by atoms with Gasteiger partial charge in [-0.3, -0.25) is 4.79 Å². The molecule has 2 heterocycles. The maximum atomic E-state index is 12.7. The highest BCUT2D eigenvalue weighted by Crippen LogP contribution is 2.30. The molecule has 96 valence electrons. The van der Waals surface area contributed by atoms with Crippen LogP contribution in [0.5, 0.6) is 0 Å². The van der Waals surface area contributed by atoms with Crippen molar-refractivity contribution in [2.24, 2.45) is 11.8 Å². The summed E-state index contributed by atoms with van der Waals surface area (Å²) in [6.07, 6.45) is 2.18. The van der Waals surface area contributed by atoms with Gasteiger partial charge in [-0.25, -0.2) is 0 Å². The van der Waals surface area contributed by atoms with E-state index in [1.807, 2.05) is 11.0 Å². The van der Waals surface area contributed by atoms with Gasteiger partial charge in [-0.1, -0.05) is 25.1 Å². The predicted octanol–water partition coefficient (Wildman–Crippen LogP) is 1.82. The van der Waals surface area contributed by atoms with Crippen LogP contribution in [0.2, 0.25) is 0 Å². The molecule has 1 aromatic carbocycles. The third kappa shape index (κ3) is 1.93. The number of aryl methyl sites for hydroxylation is 1. The van der Waals surface area contributed by atoms with Gasteiger partial charge >= 0.3 is 0 Å². The Labute approximate surface area is 108 Å². The zero-order valence-corrected chi connectivity index (χ0v) is 10.9. The number of carbonyl (C=O) groups excluding carboxylic acids is 1. The van der Waals surface area contributed by atoms with Crippen molar-refractivity contribution < 1.29 is 4.79 Å². The smallest absolute Gasteiger partial charge is 0.231 e. The van der Waals surface area contributed by atoms with E-state index in [-0.39, 0.29) is 5.92 Å². The van der Waals surface area contributed by atoms with Crippen LogP contribution in [0.15, 0.2) is 24.3 Å². The predicted molar refractivity (Wildman–Crippen MR) is 72.6 cm³/mol. The number of nitrogens with zero attached hydrogens (tertiary/aromatic N) is 1. The van der Waals surface area contributed by atoms with E-state index < -0.39 is 0 Å². The molecule has 0 radical (unpaired) electrons. The number of benzene rings is 1. The van der Waals surface area contributed by atoms with Crippen molar-refractivity contribution >= 4 is 11.6 Å². The Morgan fingerprint density at radius 3 is 2.94 bits per heavy atom. The zero-order chi connectivity index (χ0) is 12.5. The minimum absolute atomic E-state index is 0.149. The topological polar surface area (TPSA) is 32.3 Å². The second-order valence-electron chi connectivity index (χ2n) is 5.46. The fourth-order valence-corrected chi connectivity index (χ4v) is 3.10. The summed E-state index contributed by atoms with van der Waals surface area (Å²) in [6, 6.07) is 8.32. The van der Waals surface area contributed by atoms with Gasteiger partial charge in [0.1, 0.15) is 0 Å². The van der Waals surface area contributed by atoms with Crippen LogP contribution in [0, 0.1) is 11.8 Å². The SMILES string of the molecule is C[C@@H]1CNC[C@H]1C(=O)N1CCCc2ccccc21. The maximum absolute atomic E-state index is 12.7. The van der Waals surface area contributed by atoms with Crippen LogP contribution in [0.1, 0.15) is 18.9 Å². The molecule has 3 heteroatoms. The fourth-order valence-electron chi connectivity index (χ4n) is 3.10. The number of amides is 1. The minimum Gasteiger partial charge on any atom is -0.316 e. The van der Waals surface area contributed by atoms with E-state index in [0.29, 0.717) is 11.8 Å². The first-order valence-corrected chi connectivity index (χ1v) is 6.87. The number of hydrogen-bond donors (Lipinski definition) is 1. The summed E-state index contributed by atoms with van der Waals surface area (Å²) in [6.45, 7) is 4.84. The van der Waals surface area contributed by atoms with E-state index >= 15 is 0 Å². The van der Waals surface area contributed by atoms with Gasteiger partial charge in [0.25, 0.3) is 0 Å². The molecule has 1 N–H and O–H groups in total. The highest BCUT2D eigenvalue weighted by molar-refractivity contribution is 5.96. The van der Waals surface area contributed by atoms with Crippen molar-refractivity contribution in [2.75, 3.05) is 24.5 Å². The summed E-state index contributed by atoms with van der Waals surface area (Å²) in [5.41, 5.74) is 2.45. The van der Waals surface area contributed by atoms with Gasteiger partial charge in [0.2, 0.25) is 5.91 Å². The first-order valence-electron chi connectivity index (χ1n) is 6.87. The summed E-state index contributed by atoms with van der Waals surface area (Å²) in [5.74, 6) is 0.905. The lowest BCUT2D eigenvalue weighted by Gasteiger charge is -2.32. The normalized spacial score (nSPS) is 27.1. The van der Waals surface area contributed by atoms with Gasteiger partial charge in [0.05, 0.1) is 5.92 Å². The van der Waals surface area contributed by atoms with E-state index in [0.717, 1.165) is 38.2 Å². The van der Waals surface area contributed by atoms with Crippen LogP contribution in [0.3, 0.4) is 0 Å². The van der Waals surface area contributed by atoms with Crippen LogP contribution in [-0.2, 0) is 11.2 Å². The third-order valence-corrected chi connectivity index (χ3v) is 4.21. The lowest BCUT2D eigenvalue weighted by atomic mass is 9.94. The molecule has 0 aliphatic carbocycles. The number of fused-ring (bicyclic) bond motifs is 1. The summed E-state index contributed by atoms with van der Waals surface area (Å²) in [7, 11) is 0. The zero-order valence-electron chi connectivity index (χ0n) is 10.9. The maximum Gasteiger partial charge on any atom is 0.231 e. The molecular weight excluding hydrogens is 224 g/mol. The Kier molecular flexibility index (Phi) is 3.08. The molecule has 0 saturated carbocycles. The molecule has 1 amide bonds. The fraction of sp³-hybridized carbons (Fsp3) is 0.533. The Morgan fingerprint density at radius 1 is 1.33 bits per heavy atom. The van der Waals surface area contributed by atoms with E-state index in [4.69, 9.17) is 0 Å². The molecule has 1 fully saturated rings. The Morgan fingerprint density at radius 2 is 2.17 bits per heavy atom. The van der Waals surface area contributed by atoms with Gasteiger partial charge < -0.3 is 10.2 Å². The molecule has 0 bridgehead atoms. The summed E-state index contributed by atoms with van der Waals surface area (Å²) in [5, 5.41) is 3.32. The molecule has 0 aromatic heterocycles. The molecule has 2 aliphatic rings. The van der Waals surface area contributed by atoms with E-state index in [9.17, 15) is 4.79 Å². The van der Waals surface area contributed by atoms with Crippen molar-refractivity contribution in [3.05, 3.63) is 29.8 Å². The molecule has 0 spiro atoms. The van der Waals surface area contributed by atoms with Gasteiger partial charge in [-0.05, 0) is 36.9 Å². The average Bonchev–Trinajstić information content (AvgIpc) is 2.83. The highest BCUT2D eigenvalue weighted by atomic mass is 16.2. The molecule has 2 aliphatic heterocycles. The first kappa shape index (κ1) is 11.7. The molecule has 0 unspecified atom stereocenters. The van der Waals surface area contributed by atoms with Crippen molar-refractivity contribution in [2.45, 2.75) is 19.8 Å². The van der Waals surface area contributed by atoms with Gasteiger partial charge in [-0.2, -0.15) is 0 Å². The lowest BCUT2D eigenvalue weighted by molar-refractivity contribution is -0.122. The van der Waals surface area contributed by atoms with Crippen LogP contribution in [-0.4, -0.2) is 25.5 Å². The van der Waals surface area contributed by atoms with Crippen LogP contribution < -0.4 is 10.2 Å². The van der Waals surface area contributed by atoms with Crippen LogP contribution in [0.25, 0.3) is 0 Å². The molecular formula is C15H20N2O. The quantitative estimate of drug-likeness (QED) is 0.817. The monoisotopic (exact) mass is 244 g/mol. The number of para-hydroxylation sites is 1. The third-order valence-electron chi connectivity index (χ3n) is 4.21. The summed E-state index contributed by atoms with van der Waals surface area (Å²) in [4.78, 5) is 14.7. The number of anilines is 1. The summed E-state index contributed by atoms with van der Waals surface area (Å²) >= 11 is 0. The largest absolute Gasteiger partial charge is 0.316 e. The number of hydrogen-bond acceptors (Lipinski definition) is 2. The van der Waals surface area contributed by atoms with E-state index in [1.54, 1.807) is 0 Å². The number of nitrogens with one attached hydrogen (secondary N) is 1. The number of rotatable bonds is 1. The van der Waals surface area contributed by atoms with Gasteiger partial charge in [0, 0.05) is 18.8 Å². The van der Waals surface area contributed by atoms with Crippen molar-refractivity contribution in [3.8, 4) is 0 Å². The summed E-state index contributed by atoms with van der Waals surface area (Å²) < 4.78 is 0. The van der Waals surface area contributed by atoms with Crippen LogP contribution >= 0.6 is 0 Å². The van der Waals surface area contributed by atoms with Crippen molar-refractivity contribution in [1.29, 1.82) is 0 Å².